The summed E-state index contributed by atoms with van der Waals surface area (Å²) in [6.07, 6.45) is 4.44. The Kier molecular flexibility index (Phi) is 8.28. The summed E-state index contributed by atoms with van der Waals surface area (Å²) in [5, 5.41) is 3.52. The van der Waals surface area contributed by atoms with E-state index in [2.05, 4.69) is 30.8 Å². The lowest BCUT2D eigenvalue weighted by Gasteiger charge is -2.14. The normalized spacial score (nSPS) is 12.9. The lowest BCUT2D eigenvalue weighted by Crippen LogP contribution is -2.27. The first-order valence-corrected chi connectivity index (χ1v) is 7.74. The van der Waals surface area contributed by atoms with E-state index in [9.17, 15) is 8.78 Å². The van der Waals surface area contributed by atoms with Crippen LogP contribution in [-0.2, 0) is 6.42 Å². The number of nitrogens with one attached hydrogen (secondary N) is 1. The minimum atomic E-state index is -2.76. The van der Waals surface area contributed by atoms with Gasteiger partial charge in [-0.1, -0.05) is 26.0 Å². The highest BCUT2D eigenvalue weighted by Crippen LogP contribution is 2.16. The van der Waals surface area contributed by atoms with Crippen LogP contribution in [0.25, 0.3) is 0 Å². The van der Waals surface area contributed by atoms with Crippen LogP contribution in [0.2, 0.25) is 0 Å². The van der Waals surface area contributed by atoms with Gasteiger partial charge in [-0.2, -0.15) is 8.78 Å². The molecule has 0 saturated carbocycles. The smallest absolute Gasteiger partial charge is 0.387 e. The van der Waals surface area contributed by atoms with Crippen molar-refractivity contribution in [1.82, 2.24) is 5.32 Å². The number of rotatable bonds is 10. The van der Waals surface area contributed by atoms with E-state index in [0.717, 1.165) is 30.9 Å². The maximum Gasteiger partial charge on any atom is 0.387 e. The molecule has 120 valence electrons. The summed E-state index contributed by atoms with van der Waals surface area (Å²) < 4.78 is 28.4. The Balaban J connectivity index is 2.21. The van der Waals surface area contributed by atoms with Crippen LogP contribution in [0.4, 0.5) is 8.78 Å². The monoisotopic (exact) mass is 299 g/mol. The van der Waals surface area contributed by atoms with Gasteiger partial charge in [-0.05, 0) is 62.8 Å². The number of aryl methyl sites for hydroxylation is 1. The zero-order chi connectivity index (χ0) is 15.7. The maximum atomic E-state index is 12.0. The van der Waals surface area contributed by atoms with E-state index in [-0.39, 0.29) is 5.75 Å². The predicted molar refractivity (Wildman–Crippen MR) is 82.9 cm³/mol. The Hall–Kier alpha value is -1.16. The molecule has 2 nitrogen and oxygen atoms in total. The molecule has 0 saturated heterocycles. The fourth-order valence-electron chi connectivity index (χ4n) is 2.18. The first kappa shape index (κ1) is 17.9. The lowest BCUT2D eigenvalue weighted by atomic mass is 10.1. The van der Waals surface area contributed by atoms with Gasteiger partial charge in [0.1, 0.15) is 5.75 Å². The van der Waals surface area contributed by atoms with Gasteiger partial charge in [0.25, 0.3) is 0 Å². The molecule has 0 bridgehead atoms. The van der Waals surface area contributed by atoms with E-state index >= 15 is 0 Å². The number of alkyl halides is 2. The third-order valence-electron chi connectivity index (χ3n) is 3.47. The molecule has 1 aromatic carbocycles. The molecule has 0 amide bonds. The summed E-state index contributed by atoms with van der Waals surface area (Å²) in [4.78, 5) is 0. The quantitative estimate of drug-likeness (QED) is 0.636. The molecule has 0 heterocycles. The summed E-state index contributed by atoms with van der Waals surface area (Å²) in [7, 11) is 0. The van der Waals surface area contributed by atoms with Crippen LogP contribution >= 0.6 is 0 Å². The van der Waals surface area contributed by atoms with Gasteiger partial charge in [-0.15, -0.1) is 0 Å². The van der Waals surface area contributed by atoms with Crippen molar-refractivity contribution >= 4 is 0 Å². The molecule has 0 aliphatic rings. The van der Waals surface area contributed by atoms with Gasteiger partial charge in [0.05, 0.1) is 0 Å². The van der Waals surface area contributed by atoms with Crippen molar-refractivity contribution in [3.05, 3.63) is 29.8 Å². The first-order chi connectivity index (χ1) is 9.97. The molecule has 21 heavy (non-hydrogen) atoms. The molecule has 1 N–H and O–H groups in total. The molecule has 0 aromatic heterocycles. The molecule has 0 aliphatic carbocycles. The Labute approximate surface area is 126 Å². The van der Waals surface area contributed by atoms with Crippen molar-refractivity contribution in [3.63, 3.8) is 0 Å². The van der Waals surface area contributed by atoms with Gasteiger partial charge in [-0.3, -0.25) is 0 Å². The average Bonchev–Trinajstić information content (AvgIpc) is 2.42. The predicted octanol–water partition coefficient (Wildman–Crippen LogP) is 4.63. The summed E-state index contributed by atoms with van der Waals surface area (Å²) in [5.74, 6) is 0.977. The van der Waals surface area contributed by atoms with Gasteiger partial charge in [0.15, 0.2) is 0 Å². The molecule has 1 aromatic rings. The molecule has 0 aliphatic heterocycles. The number of hydrogen-bond acceptors (Lipinski definition) is 2. The van der Waals surface area contributed by atoms with Crippen LogP contribution in [0.1, 0.15) is 45.6 Å². The molecule has 1 rings (SSSR count). The second-order valence-electron chi connectivity index (χ2n) is 5.95. The van der Waals surface area contributed by atoms with E-state index < -0.39 is 6.61 Å². The first-order valence-electron chi connectivity index (χ1n) is 7.74. The Bertz CT molecular complexity index is 379. The fourth-order valence-corrected chi connectivity index (χ4v) is 2.18. The van der Waals surface area contributed by atoms with Gasteiger partial charge >= 0.3 is 6.61 Å². The molecular formula is C17H27F2NO. The van der Waals surface area contributed by atoms with Crippen molar-refractivity contribution in [1.29, 1.82) is 0 Å². The molecule has 0 fully saturated rings. The molecule has 0 spiro atoms. The standard InChI is InChI=1S/C17H27F2NO/c1-13(2)5-4-12-20-14(3)6-7-15-8-10-16(11-9-15)21-17(18)19/h8-11,13-14,17,20H,4-7,12H2,1-3H3. The van der Waals surface area contributed by atoms with Crippen molar-refractivity contribution < 1.29 is 13.5 Å². The van der Waals surface area contributed by atoms with Crippen molar-refractivity contribution in [3.8, 4) is 5.75 Å². The van der Waals surface area contributed by atoms with Crippen LogP contribution in [0.15, 0.2) is 24.3 Å². The van der Waals surface area contributed by atoms with Gasteiger partial charge in [0.2, 0.25) is 0 Å². The summed E-state index contributed by atoms with van der Waals surface area (Å²) in [6.45, 7) is 4.96. The van der Waals surface area contributed by atoms with E-state index in [4.69, 9.17) is 0 Å². The second kappa shape index (κ2) is 9.72. The number of benzene rings is 1. The SMILES string of the molecule is CC(C)CCCNC(C)CCc1ccc(OC(F)F)cc1. The Morgan fingerprint density at radius 3 is 2.29 bits per heavy atom. The van der Waals surface area contributed by atoms with E-state index in [1.165, 1.54) is 12.8 Å². The average molecular weight is 299 g/mol. The van der Waals surface area contributed by atoms with E-state index in [0.29, 0.717) is 6.04 Å². The zero-order valence-electron chi connectivity index (χ0n) is 13.2. The van der Waals surface area contributed by atoms with Crippen molar-refractivity contribution in [2.45, 2.75) is 59.1 Å². The summed E-state index contributed by atoms with van der Waals surface area (Å²) in [6, 6.07) is 7.37. The third kappa shape index (κ3) is 8.66. The van der Waals surface area contributed by atoms with Crippen LogP contribution in [0.5, 0.6) is 5.75 Å². The molecule has 1 unspecified atom stereocenters. The zero-order valence-corrected chi connectivity index (χ0v) is 13.2. The number of hydrogen-bond donors (Lipinski definition) is 1. The Morgan fingerprint density at radius 1 is 1.05 bits per heavy atom. The van der Waals surface area contributed by atoms with Crippen molar-refractivity contribution in [2.24, 2.45) is 5.92 Å². The van der Waals surface area contributed by atoms with Crippen LogP contribution < -0.4 is 10.1 Å². The highest BCUT2D eigenvalue weighted by molar-refractivity contribution is 5.27. The fraction of sp³-hybridized carbons (Fsp3) is 0.647. The summed E-state index contributed by atoms with van der Waals surface area (Å²) in [5.41, 5.74) is 1.15. The largest absolute Gasteiger partial charge is 0.435 e. The molecule has 0 radical (unpaired) electrons. The molecule has 1 atom stereocenters. The number of halogens is 2. The molecular weight excluding hydrogens is 272 g/mol. The maximum absolute atomic E-state index is 12.0. The Morgan fingerprint density at radius 2 is 1.71 bits per heavy atom. The topological polar surface area (TPSA) is 21.3 Å². The van der Waals surface area contributed by atoms with Crippen molar-refractivity contribution in [2.75, 3.05) is 6.54 Å². The van der Waals surface area contributed by atoms with E-state index in [1.807, 2.05) is 12.1 Å². The van der Waals surface area contributed by atoms with Gasteiger partial charge in [-0.25, -0.2) is 0 Å². The van der Waals surface area contributed by atoms with Gasteiger partial charge in [0, 0.05) is 6.04 Å². The summed E-state index contributed by atoms with van der Waals surface area (Å²) >= 11 is 0. The highest BCUT2D eigenvalue weighted by Gasteiger charge is 2.05. The van der Waals surface area contributed by atoms with Crippen LogP contribution in [-0.4, -0.2) is 19.2 Å². The van der Waals surface area contributed by atoms with E-state index in [1.54, 1.807) is 12.1 Å². The minimum absolute atomic E-state index is 0.216. The van der Waals surface area contributed by atoms with Gasteiger partial charge < -0.3 is 10.1 Å². The minimum Gasteiger partial charge on any atom is -0.435 e. The third-order valence-corrected chi connectivity index (χ3v) is 3.47. The van der Waals surface area contributed by atoms with Crippen LogP contribution in [0.3, 0.4) is 0 Å². The highest BCUT2D eigenvalue weighted by atomic mass is 19.3. The second-order valence-corrected chi connectivity index (χ2v) is 5.95. The molecule has 4 heteroatoms. The van der Waals surface area contributed by atoms with Crippen LogP contribution in [0, 0.1) is 5.92 Å². The number of ether oxygens (including phenoxy) is 1. The lowest BCUT2D eigenvalue weighted by molar-refractivity contribution is -0.0498.